The van der Waals surface area contributed by atoms with Crippen molar-refractivity contribution in [3.05, 3.63) is 45.7 Å². The fourth-order valence-corrected chi connectivity index (χ4v) is 2.36. The average molecular weight is 372 g/mol. The number of anilines is 1. The van der Waals surface area contributed by atoms with Gasteiger partial charge >= 0.3 is 0 Å². The maximum Gasteiger partial charge on any atom is 0.258 e. The molecular weight excluding hydrogens is 360 g/mol. The van der Waals surface area contributed by atoms with E-state index < -0.39 is 0 Å². The van der Waals surface area contributed by atoms with E-state index in [1.165, 1.54) is 14.2 Å². The molecule has 2 aromatic rings. The Balaban J connectivity index is 2.35. The molecule has 0 bridgehead atoms. The third-order valence-electron chi connectivity index (χ3n) is 2.73. The molecule has 0 unspecified atom stereocenters. The number of methoxy groups -OCH3 is 2. The number of hydrogen-bond donors (Lipinski definition) is 1. The normalized spacial score (nSPS) is 10.1. The van der Waals surface area contributed by atoms with Crippen LogP contribution in [0.5, 0.6) is 11.5 Å². The molecule has 7 heteroatoms. The van der Waals surface area contributed by atoms with Gasteiger partial charge < -0.3 is 14.8 Å². The lowest BCUT2D eigenvalue weighted by Gasteiger charge is -2.13. The van der Waals surface area contributed by atoms with Gasteiger partial charge in [-0.25, -0.2) is 4.98 Å². The summed E-state index contributed by atoms with van der Waals surface area (Å²) < 4.78 is 10.8. The van der Waals surface area contributed by atoms with Crippen LogP contribution in [0, 0.1) is 0 Å². The number of carbonyl (C=O) groups is 1. The summed E-state index contributed by atoms with van der Waals surface area (Å²) in [5, 5.41) is 3.15. The summed E-state index contributed by atoms with van der Waals surface area (Å²) in [6.07, 6.45) is 1.59. The highest BCUT2D eigenvalue weighted by Crippen LogP contribution is 2.36. The van der Waals surface area contributed by atoms with E-state index in [1.807, 2.05) is 0 Å². The molecule has 21 heavy (non-hydrogen) atoms. The number of carbonyl (C=O) groups excluding carboxylic acids is 1. The van der Waals surface area contributed by atoms with Gasteiger partial charge in [-0.2, -0.15) is 0 Å². The summed E-state index contributed by atoms with van der Waals surface area (Å²) in [5.41, 5.74) is 0.868. The quantitative estimate of drug-likeness (QED) is 0.831. The van der Waals surface area contributed by atoms with Crippen molar-refractivity contribution in [3.63, 3.8) is 0 Å². The van der Waals surface area contributed by atoms with Crippen LogP contribution in [0.3, 0.4) is 0 Å². The van der Waals surface area contributed by atoms with Gasteiger partial charge in [0.1, 0.15) is 16.1 Å². The molecule has 1 aromatic carbocycles. The Morgan fingerprint density at radius 2 is 2.00 bits per heavy atom. The summed E-state index contributed by atoms with van der Waals surface area (Å²) >= 11 is 9.26. The van der Waals surface area contributed by atoms with Gasteiger partial charge in [0.15, 0.2) is 0 Å². The highest BCUT2D eigenvalue weighted by Gasteiger charge is 2.15. The molecule has 0 aliphatic rings. The first-order valence-electron chi connectivity index (χ1n) is 5.90. The van der Waals surface area contributed by atoms with Gasteiger partial charge in [-0.3, -0.25) is 4.79 Å². The maximum absolute atomic E-state index is 12.3. The zero-order chi connectivity index (χ0) is 15.4. The zero-order valence-corrected chi connectivity index (χ0v) is 13.7. The molecule has 2 rings (SSSR count). The number of amides is 1. The second-order valence-electron chi connectivity index (χ2n) is 3.98. The largest absolute Gasteiger partial charge is 0.495 e. The van der Waals surface area contributed by atoms with Gasteiger partial charge in [-0.1, -0.05) is 11.6 Å². The van der Waals surface area contributed by atoms with E-state index in [4.69, 9.17) is 21.1 Å². The van der Waals surface area contributed by atoms with E-state index in [1.54, 1.807) is 30.5 Å². The molecule has 110 valence electrons. The summed E-state index contributed by atoms with van der Waals surface area (Å²) in [6, 6.07) is 6.52. The molecule has 0 aliphatic carbocycles. The lowest BCUT2D eigenvalue weighted by Crippen LogP contribution is -2.14. The first-order chi connectivity index (χ1) is 10.1. The van der Waals surface area contributed by atoms with E-state index in [0.717, 1.165) is 0 Å². The number of hydrogen-bond acceptors (Lipinski definition) is 4. The van der Waals surface area contributed by atoms with Gasteiger partial charge in [0.25, 0.3) is 5.91 Å². The Morgan fingerprint density at radius 1 is 1.29 bits per heavy atom. The molecule has 1 heterocycles. The molecule has 5 nitrogen and oxygen atoms in total. The van der Waals surface area contributed by atoms with E-state index >= 15 is 0 Å². The number of nitrogens with zero attached hydrogens (tertiary/aromatic N) is 1. The number of ether oxygens (including phenoxy) is 2. The van der Waals surface area contributed by atoms with Crippen LogP contribution in [0.25, 0.3) is 0 Å². The van der Waals surface area contributed by atoms with Crippen molar-refractivity contribution in [1.82, 2.24) is 4.98 Å². The van der Waals surface area contributed by atoms with Gasteiger partial charge in [0, 0.05) is 18.3 Å². The first kappa shape index (κ1) is 15.6. The van der Waals surface area contributed by atoms with Crippen molar-refractivity contribution in [1.29, 1.82) is 0 Å². The summed E-state index contributed by atoms with van der Waals surface area (Å²) in [7, 11) is 2.99. The highest BCUT2D eigenvalue weighted by atomic mass is 79.9. The zero-order valence-electron chi connectivity index (χ0n) is 11.3. The summed E-state index contributed by atoms with van der Waals surface area (Å²) in [6.45, 7) is 0. The molecule has 0 saturated heterocycles. The van der Waals surface area contributed by atoms with Gasteiger partial charge in [-0.15, -0.1) is 0 Å². The molecule has 0 spiro atoms. The molecule has 1 amide bonds. The second-order valence-corrected chi connectivity index (χ2v) is 5.14. The number of rotatable bonds is 4. The Bertz CT molecular complexity index is 679. The third kappa shape index (κ3) is 3.46. The lowest BCUT2D eigenvalue weighted by molar-refractivity contribution is 0.102. The van der Waals surface area contributed by atoms with Gasteiger partial charge in [0.2, 0.25) is 0 Å². The molecule has 0 saturated carbocycles. The van der Waals surface area contributed by atoms with Crippen LogP contribution < -0.4 is 14.8 Å². The van der Waals surface area contributed by atoms with Crippen molar-refractivity contribution < 1.29 is 14.3 Å². The molecule has 0 radical (unpaired) electrons. The topological polar surface area (TPSA) is 60.5 Å². The van der Waals surface area contributed by atoms with Crippen LogP contribution in [0.4, 0.5) is 5.69 Å². The first-order valence-corrected chi connectivity index (χ1v) is 7.07. The maximum atomic E-state index is 12.3. The summed E-state index contributed by atoms with van der Waals surface area (Å²) in [5.74, 6) is 0.560. The van der Waals surface area contributed by atoms with Gasteiger partial charge in [0.05, 0.1) is 30.5 Å². The number of halogens is 2. The van der Waals surface area contributed by atoms with Crippen LogP contribution in [-0.2, 0) is 0 Å². The van der Waals surface area contributed by atoms with Crippen LogP contribution in [0.1, 0.15) is 10.4 Å². The van der Waals surface area contributed by atoms with E-state index in [0.29, 0.717) is 32.4 Å². The molecule has 0 fully saturated rings. The Hall–Kier alpha value is -1.79. The summed E-state index contributed by atoms with van der Waals surface area (Å²) in [4.78, 5) is 16.3. The SMILES string of the molecule is COc1cc(NC(=O)c2cccnc2Br)c(OC)cc1Cl. The van der Waals surface area contributed by atoms with Gasteiger partial charge in [-0.05, 0) is 28.1 Å². The minimum absolute atomic E-state index is 0.322. The third-order valence-corrected chi connectivity index (χ3v) is 3.65. The molecule has 1 N–H and O–H groups in total. The van der Waals surface area contributed by atoms with Crippen molar-refractivity contribution in [3.8, 4) is 11.5 Å². The molecule has 1 aromatic heterocycles. The van der Waals surface area contributed by atoms with Crippen LogP contribution in [0.2, 0.25) is 5.02 Å². The van der Waals surface area contributed by atoms with Crippen molar-refractivity contribution in [2.24, 2.45) is 0 Å². The van der Waals surface area contributed by atoms with E-state index in [2.05, 4.69) is 26.2 Å². The Morgan fingerprint density at radius 3 is 2.62 bits per heavy atom. The monoisotopic (exact) mass is 370 g/mol. The second kappa shape index (κ2) is 6.78. The molecular formula is C14H12BrClN2O3. The number of nitrogens with one attached hydrogen (secondary N) is 1. The van der Waals surface area contributed by atoms with E-state index in [-0.39, 0.29) is 5.91 Å². The predicted octanol–water partition coefficient (Wildman–Crippen LogP) is 3.77. The highest BCUT2D eigenvalue weighted by molar-refractivity contribution is 9.10. The Kier molecular flexibility index (Phi) is 5.03. The average Bonchev–Trinajstić information content (AvgIpc) is 2.48. The minimum Gasteiger partial charge on any atom is -0.495 e. The smallest absolute Gasteiger partial charge is 0.258 e. The van der Waals surface area contributed by atoms with Crippen molar-refractivity contribution >= 4 is 39.1 Å². The Labute approximate surface area is 135 Å². The van der Waals surface area contributed by atoms with Crippen molar-refractivity contribution in [2.45, 2.75) is 0 Å². The van der Waals surface area contributed by atoms with Crippen LogP contribution in [-0.4, -0.2) is 25.1 Å². The van der Waals surface area contributed by atoms with E-state index in [9.17, 15) is 4.79 Å². The number of aromatic nitrogens is 1. The fraction of sp³-hybridized carbons (Fsp3) is 0.143. The fourth-order valence-electron chi connectivity index (χ4n) is 1.70. The standard InChI is InChI=1S/C14H12BrClN2O3/c1-20-11-7-10(12(21-2)6-9(11)16)18-14(19)8-4-3-5-17-13(8)15/h3-7H,1-2H3,(H,18,19). The predicted molar refractivity (Wildman–Crippen MR) is 84.4 cm³/mol. The minimum atomic E-state index is -0.322. The number of benzene rings is 1. The molecule has 0 aliphatic heterocycles. The van der Waals surface area contributed by atoms with Crippen LogP contribution in [0.15, 0.2) is 35.1 Å². The van der Waals surface area contributed by atoms with Crippen molar-refractivity contribution in [2.75, 3.05) is 19.5 Å². The lowest BCUT2D eigenvalue weighted by atomic mass is 10.2. The number of pyridine rings is 1. The van der Waals surface area contributed by atoms with Crippen LogP contribution >= 0.6 is 27.5 Å². The molecule has 0 atom stereocenters.